The summed E-state index contributed by atoms with van der Waals surface area (Å²) < 4.78 is 0. The minimum absolute atomic E-state index is 0.695. The first-order valence-corrected chi connectivity index (χ1v) is 5.96. The van der Waals surface area contributed by atoms with Crippen molar-refractivity contribution in [2.24, 2.45) is 0 Å². The molecule has 0 radical (unpaired) electrons. The van der Waals surface area contributed by atoms with E-state index in [4.69, 9.17) is 5.73 Å². The quantitative estimate of drug-likeness (QED) is 0.708. The highest BCUT2D eigenvalue weighted by Crippen LogP contribution is 2.20. The lowest BCUT2D eigenvalue weighted by atomic mass is 9.98. The predicted molar refractivity (Wildman–Crippen MR) is 61.6 cm³/mol. The molecule has 1 aliphatic rings. The highest BCUT2D eigenvalue weighted by molar-refractivity contribution is 5.41. The fraction of sp³-hybridized carbons (Fsp3) is 0.667. The van der Waals surface area contributed by atoms with Crippen LogP contribution < -0.4 is 5.73 Å². The minimum Gasteiger partial charge on any atom is -0.383 e. The SMILES string of the molecule is Nc1ncnc2c1CCCCCCCC2. The summed E-state index contributed by atoms with van der Waals surface area (Å²) in [5.41, 5.74) is 8.29. The molecule has 0 spiro atoms. The van der Waals surface area contributed by atoms with Crippen LogP contribution in [0.15, 0.2) is 6.33 Å². The van der Waals surface area contributed by atoms with Gasteiger partial charge in [0.15, 0.2) is 0 Å². The van der Waals surface area contributed by atoms with E-state index in [-0.39, 0.29) is 0 Å². The van der Waals surface area contributed by atoms with Gasteiger partial charge in [0.2, 0.25) is 0 Å². The highest BCUT2D eigenvalue weighted by atomic mass is 14.9. The lowest BCUT2D eigenvalue weighted by molar-refractivity contribution is 0.576. The standard InChI is InChI=1S/C12H19N3/c13-12-10-7-5-3-1-2-4-6-8-11(10)14-9-15-12/h9H,1-8H2,(H2,13,14,15). The van der Waals surface area contributed by atoms with Crippen LogP contribution >= 0.6 is 0 Å². The number of nitrogens with two attached hydrogens (primary N) is 1. The number of hydrogen-bond donors (Lipinski definition) is 1. The second-order valence-corrected chi connectivity index (χ2v) is 4.31. The molecule has 0 saturated carbocycles. The average Bonchev–Trinajstić information content (AvgIpc) is 2.26. The van der Waals surface area contributed by atoms with E-state index in [1.807, 2.05) is 0 Å². The first-order valence-electron chi connectivity index (χ1n) is 5.96. The van der Waals surface area contributed by atoms with Gasteiger partial charge >= 0.3 is 0 Å². The number of aromatic nitrogens is 2. The summed E-state index contributed by atoms with van der Waals surface area (Å²) in [6, 6.07) is 0. The van der Waals surface area contributed by atoms with E-state index in [1.165, 1.54) is 49.8 Å². The van der Waals surface area contributed by atoms with E-state index in [0.29, 0.717) is 5.82 Å². The van der Waals surface area contributed by atoms with Crippen molar-refractivity contribution in [3.8, 4) is 0 Å². The van der Waals surface area contributed by atoms with Crippen molar-refractivity contribution in [3.05, 3.63) is 17.6 Å². The molecule has 3 nitrogen and oxygen atoms in total. The molecule has 0 atom stereocenters. The van der Waals surface area contributed by atoms with E-state index in [1.54, 1.807) is 6.33 Å². The summed E-state index contributed by atoms with van der Waals surface area (Å²) in [5.74, 6) is 0.695. The van der Waals surface area contributed by atoms with Crippen LogP contribution in [-0.2, 0) is 12.8 Å². The topological polar surface area (TPSA) is 51.8 Å². The molecular formula is C12H19N3. The maximum Gasteiger partial charge on any atom is 0.130 e. The van der Waals surface area contributed by atoms with Crippen molar-refractivity contribution in [1.29, 1.82) is 0 Å². The second kappa shape index (κ2) is 5.10. The Morgan fingerprint density at radius 3 is 2.33 bits per heavy atom. The van der Waals surface area contributed by atoms with E-state index in [9.17, 15) is 0 Å². The summed E-state index contributed by atoms with van der Waals surface area (Å²) in [4.78, 5) is 8.45. The van der Waals surface area contributed by atoms with Gasteiger partial charge in [0.25, 0.3) is 0 Å². The first kappa shape index (κ1) is 10.4. The molecule has 0 unspecified atom stereocenters. The van der Waals surface area contributed by atoms with Crippen LogP contribution in [0.1, 0.15) is 49.8 Å². The van der Waals surface area contributed by atoms with Crippen LogP contribution in [0, 0.1) is 0 Å². The zero-order valence-electron chi connectivity index (χ0n) is 9.21. The van der Waals surface area contributed by atoms with Crippen LogP contribution in [0.25, 0.3) is 0 Å². The Labute approximate surface area is 91.1 Å². The summed E-state index contributed by atoms with van der Waals surface area (Å²) >= 11 is 0. The molecule has 15 heavy (non-hydrogen) atoms. The van der Waals surface area contributed by atoms with Crippen molar-refractivity contribution in [1.82, 2.24) is 9.97 Å². The monoisotopic (exact) mass is 205 g/mol. The fourth-order valence-corrected chi connectivity index (χ4v) is 2.25. The molecule has 3 heteroatoms. The van der Waals surface area contributed by atoms with E-state index in [0.717, 1.165) is 12.8 Å². The molecule has 1 heterocycles. The summed E-state index contributed by atoms with van der Waals surface area (Å²) in [6.45, 7) is 0. The van der Waals surface area contributed by atoms with Gasteiger partial charge in [-0.25, -0.2) is 9.97 Å². The maximum atomic E-state index is 5.90. The summed E-state index contributed by atoms with van der Waals surface area (Å²) in [5, 5.41) is 0. The number of anilines is 1. The largest absolute Gasteiger partial charge is 0.383 e. The van der Waals surface area contributed by atoms with Gasteiger partial charge in [0, 0.05) is 11.3 Å². The molecule has 2 rings (SSSR count). The van der Waals surface area contributed by atoms with Gasteiger partial charge in [-0.3, -0.25) is 0 Å². The average molecular weight is 205 g/mol. The molecular weight excluding hydrogens is 186 g/mol. The van der Waals surface area contributed by atoms with Gasteiger partial charge in [-0.2, -0.15) is 0 Å². The molecule has 2 N–H and O–H groups in total. The smallest absolute Gasteiger partial charge is 0.130 e. The lowest BCUT2D eigenvalue weighted by Gasteiger charge is -2.12. The van der Waals surface area contributed by atoms with Gasteiger partial charge in [0.1, 0.15) is 12.1 Å². The zero-order valence-corrected chi connectivity index (χ0v) is 9.21. The van der Waals surface area contributed by atoms with E-state index < -0.39 is 0 Å². The number of aryl methyl sites for hydroxylation is 1. The Morgan fingerprint density at radius 1 is 0.867 bits per heavy atom. The predicted octanol–water partition coefficient (Wildman–Crippen LogP) is 2.50. The molecule has 0 aromatic carbocycles. The van der Waals surface area contributed by atoms with Gasteiger partial charge in [-0.1, -0.05) is 25.7 Å². The number of rotatable bonds is 0. The lowest BCUT2D eigenvalue weighted by Crippen LogP contribution is -2.06. The highest BCUT2D eigenvalue weighted by Gasteiger charge is 2.09. The Balaban J connectivity index is 2.19. The van der Waals surface area contributed by atoms with Gasteiger partial charge in [0.05, 0.1) is 0 Å². The Hall–Kier alpha value is -1.12. The molecule has 0 aliphatic heterocycles. The number of nitrogen functional groups attached to an aromatic ring is 1. The fourth-order valence-electron chi connectivity index (χ4n) is 2.25. The molecule has 1 aromatic rings. The van der Waals surface area contributed by atoms with Crippen molar-refractivity contribution in [2.75, 3.05) is 5.73 Å². The van der Waals surface area contributed by atoms with E-state index in [2.05, 4.69) is 9.97 Å². The third kappa shape index (κ3) is 2.67. The van der Waals surface area contributed by atoms with Crippen LogP contribution in [0.4, 0.5) is 5.82 Å². The third-order valence-electron chi connectivity index (χ3n) is 3.16. The molecule has 1 aromatic heterocycles. The normalized spacial score (nSPS) is 18.1. The maximum absolute atomic E-state index is 5.90. The van der Waals surface area contributed by atoms with Crippen molar-refractivity contribution < 1.29 is 0 Å². The zero-order chi connectivity index (χ0) is 10.5. The number of nitrogens with zero attached hydrogens (tertiary/aromatic N) is 2. The Morgan fingerprint density at radius 2 is 1.53 bits per heavy atom. The van der Waals surface area contributed by atoms with E-state index >= 15 is 0 Å². The second-order valence-electron chi connectivity index (χ2n) is 4.31. The Bertz CT molecular complexity index is 323. The van der Waals surface area contributed by atoms with Gasteiger partial charge in [-0.15, -0.1) is 0 Å². The van der Waals surface area contributed by atoms with Gasteiger partial charge < -0.3 is 5.73 Å². The van der Waals surface area contributed by atoms with Crippen molar-refractivity contribution in [3.63, 3.8) is 0 Å². The molecule has 0 bridgehead atoms. The van der Waals surface area contributed by atoms with Crippen LogP contribution in [-0.4, -0.2) is 9.97 Å². The van der Waals surface area contributed by atoms with Crippen LogP contribution in [0.5, 0.6) is 0 Å². The molecule has 0 amide bonds. The van der Waals surface area contributed by atoms with Crippen molar-refractivity contribution >= 4 is 5.82 Å². The third-order valence-corrected chi connectivity index (χ3v) is 3.16. The minimum atomic E-state index is 0.695. The van der Waals surface area contributed by atoms with Crippen LogP contribution in [0.2, 0.25) is 0 Å². The number of hydrogen-bond acceptors (Lipinski definition) is 3. The van der Waals surface area contributed by atoms with Crippen molar-refractivity contribution in [2.45, 2.75) is 51.4 Å². The first-order chi connectivity index (χ1) is 7.38. The Kier molecular flexibility index (Phi) is 3.54. The molecule has 0 fully saturated rings. The molecule has 1 aliphatic carbocycles. The van der Waals surface area contributed by atoms with Crippen LogP contribution in [0.3, 0.4) is 0 Å². The van der Waals surface area contributed by atoms with Gasteiger partial charge in [-0.05, 0) is 25.7 Å². The number of fused-ring (bicyclic) bond motifs is 1. The summed E-state index contributed by atoms with van der Waals surface area (Å²) in [6.07, 6.45) is 11.6. The molecule has 82 valence electrons. The summed E-state index contributed by atoms with van der Waals surface area (Å²) in [7, 11) is 0. The molecule has 0 saturated heterocycles.